The lowest BCUT2D eigenvalue weighted by molar-refractivity contribution is 0.670. The van der Waals surface area contributed by atoms with Gasteiger partial charge in [0.15, 0.2) is 0 Å². The lowest BCUT2D eigenvalue weighted by atomic mass is 9.99. The quantitative estimate of drug-likeness (QED) is 0.251. The van der Waals surface area contributed by atoms with Crippen LogP contribution >= 0.6 is 11.3 Å². The molecule has 39 heavy (non-hydrogen) atoms. The second kappa shape index (κ2) is 8.87. The first-order valence-electron chi connectivity index (χ1n) is 13.1. The van der Waals surface area contributed by atoms with Crippen molar-refractivity contribution in [3.8, 4) is 22.3 Å². The van der Waals surface area contributed by atoms with Gasteiger partial charge < -0.3 is 9.73 Å². The summed E-state index contributed by atoms with van der Waals surface area (Å²) in [4.78, 5) is 0. The fraction of sp³-hybridized carbons (Fsp3) is 0. The van der Waals surface area contributed by atoms with Crippen molar-refractivity contribution in [2.45, 2.75) is 0 Å². The van der Waals surface area contributed by atoms with Gasteiger partial charge in [0.2, 0.25) is 0 Å². The third-order valence-corrected chi connectivity index (χ3v) is 8.71. The summed E-state index contributed by atoms with van der Waals surface area (Å²) in [7, 11) is 0. The van der Waals surface area contributed by atoms with Gasteiger partial charge in [-0.15, -0.1) is 11.3 Å². The highest BCUT2D eigenvalue weighted by Gasteiger charge is 2.17. The molecule has 1 N–H and O–H groups in total. The summed E-state index contributed by atoms with van der Waals surface area (Å²) in [5.74, 6) is 0. The molecule has 8 aromatic rings. The number of para-hydroxylation sites is 1. The molecule has 184 valence electrons. The minimum atomic E-state index is 0.903. The van der Waals surface area contributed by atoms with Gasteiger partial charge in [0.1, 0.15) is 11.2 Å². The maximum atomic E-state index is 6.42. The zero-order chi connectivity index (χ0) is 25.8. The number of hydrogen-bond acceptors (Lipinski definition) is 3. The van der Waals surface area contributed by atoms with Crippen molar-refractivity contribution in [2.24, 2.45) is 0 Å². The predicted octanol–water partition coefficient (Wildman–Crippen LogP) is 11.0. The highest BCUT2D eigenvalue weighted by atomic mass is 32.1. The van der Waals surface area contributed by atoms with E-state index >= 15 is 0 Å². The first-order valence-corrected chi connectivity index (χ1v) is 13.9. The number of fused-ring (bicyclic) bond motifs is 6. The lowest BCUT2D eigenvalue weighted by Gasteiger charge is -2.14. The Labute approximate surface area is 229 Å². The molecule has 0 spiro atoms. The molecule has 0 amide bonds. The summed E-state index contributed by atoms with van der Waals surface area (Å²) in [6.07, 6.45) is 0. The van der Waals surface area contributed by atoms with Crippen LogP contribution in [-0.4, -0.2) is 0 Å². The third kappa shape index (κ3) is 3.63. The van der Waals surface area contributed by atoms with E-state index in [0.29, 0.717) is 0 Å². The first kappa shape index (κ1) is 22.2. The molecule has 0 atom stereocenters. The second-order valence-corrected chi connectivity index (χ2v) is 10.9. The summed E-state index contributed by atoms with van der Waals surface area (Å²) in [6.45, 7) is 0. The molecule has 0 unspecified atom stereocenters. The maximum absolute atomic E-state index is 6.42. The van der Waals surface area contributed by atoms with Crippen molar-refractivity contribution in [3.05, 3.63) is 133 Å². The summed E-state index contributed by atoms with van der Waals surface area (Å²) < 4.78 is 9.08. The molecule has 0 radical (unpaired) electrons. The smallest absolute Gasteiger partial charge is 0.145 e. The Balaban J connectivity index is 1.22. The molecule has 3 heteroatoms. The van der Waals surface area contributed by atoms with Crippen LogP contribution in [0.1, 0.15) is 0 Å². The largest absolute Gasteiger partial charge is 0.455 e. The van der Waals surface area contributed by atoms with Gasteiger partial charge in [-0.3, -0.25) is 0 Å². The van der Waals surface area contributed by atoms with Crippen LogP contribution in [0.25, 0.3) is 64.4 Å². The normalized spacial score (nSPS) is 11.6. The molecular formula is C36H23NOS. The van der Waals surface area contributed by atoms with Crippen molar-refractivity contribution >= 4 is 64.8 Å². The lowest BCUT2D eigenvalue weighted by Crippen LogP contribution is -1.94. The zero-order valence-electron chi connectivity index (χ0n) is 21.0. The van der Waals surface area contributed by atoms with E-state index in [1.165, 1.54) is 31.3 Å². The van der Waals surface area contributed by atoms with E-state index in [9.17, 15) is 0 Å². The van der Waals surface area contributed by atoms with Crippen LogP contribution in [0.3, 0.4) is 0 Å². The van der Waals surface area contributed by atoms with Crippen LogP contribution in [0.2, 0.25) is 0 Å². The Kier molecular flexibility index (Phi) is 5.04. The molecule has 0 aliphatic carbocycles. The third-order valence-electron chi connectivity index (χ3n) is 7.49. The van der Waals surface area contributed by atoms with Crippen LogP contribution in [-0.2, 0) is 0 Å². The Bertz CT molecular complexity index is 2140. The maximum Gasteiger partial charge on any atom is 0.145 e. The van der Waals surface area contributed by atoms with Gasteiger partial charge in [0.05, 0.1) is 5.69 Å². The van der Waals surface area contributed by atoms with E-state index in [1.54, 1.807) is 0 Å². The van der Waals surface area contributed by atoms with Crippen LogP contribution in [0.4, 0.5) is 11.4 Å². The van der Waals surface area contributed by atoms with Gasteiger partial charge in [-0.2, -0.15) is 0 Å². The zero-order valence-corrected chi connectivity index (χ0v) is 21.8. The highest BCUT2D eigenvalue weighted by Crippen LogP contribution is 2.42. The van der Waals surface area contributed by atoms with Crippen molar-refractivity contribution in [2.75, 3.05) is 5.32 Å². The van der Waals surface area contributed by atoms with Gasteiger partial charge >= 0.3 is 0 Å². The summed E-state index contributed by atoms with van der Waals surface area (Å²) in [5, 5.41) is 8.60. The standard InChI is InChI=1S/C36H23NOS/c1-2-9-24(10-3-1)34-31(22-21-29-27-11-4-6-15-32(27)38-35(29)34)37-25-19-17-23(18-20-25)26-13-8-14-30-28-12-5-7-16-33(28)39-36(26)30/h1-22,37H. The van der Waals surface area contributed by atoms with E-state index in [4.69, 9.17) is 4.42 Å². The molecule has 0 bridgehead atoms. The molecular weight excluding hydrogens is 494 g/mol. The Hall–Kier alpha value is -4.86. The molecule has 0 fully saturated rings. The van der Waals surface area contributed by atoms with Gasteiger partial charge in [0, 0.05) is 42.2 Å². The van der Waals surface area contributed by atoms with Crippen LogP contribution < -0.4 is 5.32 Å². The topological polar surface area (TPSA) is 25.2 Å². The number of nitrogens with one attached hydrogen (secondary N) is 1. The highest BCUT2D eigenvalue weighted by molar-refractivity contribution is 7.26. The van der Waals surface area contributed by atoms with E-state index in [1.807, 2.05) is 29.5 Å². The molecule has 0 aliphatic rings. The van der Waals surface area contributed by atoms with Crippen LogP contribution in [0.15, 0.2) is 138 Å². The molecule has 6 aromatic carbocycles. The van der Waals surface area contributed by atoms with Crippen LogP contribution in [0, 0.1) is 0 Å². The average molecular weight is 518 g/mol. The number of thiophene rings is 1. The van der Waals surface area contributed by atoms with E-state index in [2.05, 4.69) is 121 Å². The van der Waals surface area contributed by atoms with E-state index in [-0.39, 0.29) is 0 Å². The molecule has 2 nitrogen and oxygen atoms in total. The Morgan fingerprint density at radius 2 is 1.26 bits per heavy atom. The average Bonchev–Trinajstić information content (AvgIpc) is 3.56. The second-order valence-electron chi connectivity index (χ2n) is 9.81. The molecule has 0 saturated carbocycles. The van der Waals surface area contributed by atoms with Crippen molar-refractivity contribution in [1.82, 2.24) is 0 Å². The minimum Gasteiger partial charge on any atom is -0.455 e. The Morgan fingerprint density at radius 3 is 2.13 bits per heavy atom. The monoisotopic (exact) mass is 517 g/mol. The van der Waals surface area contributed by atoms with Gasteiger partial charge in [-0.25, -0.2) is 0 Å². The minimum absolute atomic E-state index is 0.903. The van der Waals surface area contributed by atoms with Crippen molar-refractivity contribution < 1.29 is 4.42 Å². The van der Waals surface area contributed by atoms with Gasteiger partial charge in [-0.1, -0.05) is 97.1 Å². The fourth-order valence-electron chi connectivity index (χ4n) is 5.65. The van der Waals surface area contributed by atoms with Gasteiger partial charge in [-0.05, 0) is 53.1 Å². The summed E-state index contributed by atoms with van der Waals surface area (Å²) >= 11 is 1.87. The number of anilines is 2. The molecule has 2 heterocycles. The first-order chi connectivity index (χ1) is 19.3. The number of furan rings is 1. The molecule has 0 saturated heterocycles. The fourth-order valence-corrected chi connectivity index (χ4v) is 6.89. The number of rotatable bonds is 4. The number of benzene rings is 6. The van der Waals surface area contributed by atoms with E-state index in [0.717, 1.165) is 44.4 Å². The van der Waals surface area contributed by atoms with Crippen LogP contribution in [0.5, 0.6) is 0 Å². The number of hydrogen-bond donors (Lipinski definition) is 1. The van der Waals surface area contributed by atoms with E-state index < -0.39 is 0 Å². The van der Waals surface area contributed by atoms with Crippen molar-refractivity contribution in [3.63, 3.8) is 0 Å². The van der Waals surface area contributed by atoms with Gasteiger partial charge in [0.25, 0.3) is 0 Å². The molecule has 8 rings (SSSR count). The SMILES string of the molecule is c1ccc(-c2c(Nc3ccc(-c4cccc5c4sc4ccccc45)cc3)ccc3c2oc2ccccc23)cc1. The molecule has 2 aromatic heterocycles. The predicted molar refractivity (Wildman–Crippen MR) is 167 cm³/mol. The molecule has 0 aliphatic heterocycles. The van der Waals surface area contributed by atoms with Crippen molar-refractivity contribution in [1.29, 1.82) is 0 Å². The summed E-state index contributed by atoms with van der Waals surface area (Å²) in [6, 6.07) is 47.1. The summed E-state index contributed by atoms with van der Waals surface area (Å²) in [5.41, 5.74) is 8.55. The Morgan fingerprint density at radius 1 is 0.513 bits per heavy atom.